The third-order valence-electron chi connectivity index (χ3n) is 6.19. The number of esters is 1. The van der Waals surface area contributed by atoms with Crippen molar-refractivity contribution in [3.05, 3.63) is 35.4 Å². The van der Waals surface area contributed by atoms with Crippen LogP contribution in [0, 0.1) is 5.92 Å². The number of aliphatic imine (C=N–C) groups is 1. The van der Waals surface area contributed by atoms with E-state index in [2.05, 4.69) is 58.3 Å². The smallest absolute Gasteiger partial charge is 0.309 e. The molecule has 0 aromatic heterocycles. The Morgan fingerprint density at radius 1 is 1.03 bits per heavy atom. The van der Waals surface area contributed by atoms with Gasteiger partial charge in [-0.2, -0.15) is 0 Å². The maximum Gasteiger partial charge on any atom is 0.309 e. The lowest BCUT2D eigenvalue weighted by Crippen LogP contribution is -2.46. The first-order valence-electron chi connectivity index (χ1n) is 11.8. The van der Waals surface area contributed by atoms with Crippen molar-refractivity contribution in [2.24, 2.45) is 10.9 Å². The van der Waals surface area contributed by atoms with Crippen molar-refractivity contribution in [3.63, 3.8) is 0 Å². The fourth-order valence-electron chi connectivity index (χ4n) is 4.19. The van der Waals surface area contributed by atoms with Gasteiger partial charge in [0.1, 0.15) is 0 Å². The Morgan fingerprint density at radius 2 is 1.68 bits per heavy atom. The van der Waals surface area contributed by atoms with E-state index < -0.39 is 0 Å². The Balaban J connectivity index is 1.51. The Kier molecular flexibility index (Phi) is 9.15. The summed E-state index contributed by atoms with van der Waals surface area (Å²) in [4.78, 5) is 24.0. The fraction of sp³-hybridized carbons (Fsp3) is 0.667. The molecule has 31 heavy (non-hydrogen) atoms. The number of carbonyl (C=O) groups is 1. The molecule has 0 atom stereocenters. The number of nitrogens with zero attached hydrogens (tertiary/aromatic N) is 4. The normalized spacial score (nSPS) is 19.5. The van der Waals surface area contributed by atoms with E-state index >= 15 is 0 Å². The third kappa shape index (κ3) is 7.21. The number of likely N-dealkylation sites (N-methyl/N-ethyl adjacent to an activating group) is 1. The van der Waals surface area contributed by atoms with Crippen LogP contribution in [0.2, 0.25) is 0 Å². The van der Waals surface area contributed by atoms with Gasteiger partial charge in [-0.3, -0.25) is 9.69 Å². The van der Waals surface area contributed by atoms with Crippen LogP contribution in [0.4, 0.5) is 0 Å². The molecule has 2 heterocycles. The minimum absolute atomic E-state index is 0.0203. The summed E-state index contributed by atoms with van der Waals surface area (Å²) in [7, 11) is 2.19. The first-order chi connectivity index (χ1) is 15.1. The molecule has 0 aliphatic carbocycles. The lowest BCUT2D eigenvalue weighted by atomic mass is 9.97. The predicted octanol–water partition coefficient (Wildman–Crippen LogP) is 2.17. The highest BCUT2D eigenvalue weighted by Gasteiger charge is 2.27. The number of likely N-dealkylation sites (tertiary alicyclic amines) is 1. The van der Waals surface area contributed by atoms with E-state index in [-0.39, 0.29) is 11.9 Å². The average molecular weight is 430 g/mol. The summed E-state index contributed by atoms with van der Waals surface area (Å²) >= 11 is 0. The maximum atomic E-state index is 12.0. The molecule has 0 radical (unpaired) electrons. The zero-order chi connectivity index (χ0) is 22.1. The second kappa shape index (κ2) is 12.1. The Bertz CT molecular complexity index is 705. The van der Waals surface area contributed by atoms with Crippen LogP contribution in [0.1, 0.15) is 37.8 Å². The van der Waals surface area contributed by atoms with E-state index in [9.17, 15) is 4.79 Å². The number of piperidine rings is 1. The highest BCUT2D eigenvalue weighted by Crippen LogP contribution is 2.19. The third-order valence-corrected chi connectivity index (χ3v) is 6.19. The molecule has 0 saturated carbocycles. The van der Waals surface area contributed by atoms with Gasteiger partial charge >= 0.3 is 5.97 Å². The van der Waals surface area contributed by atoms with Gasteiger partial charge in [-0.05, 0) is 44.9 Å². The molecule has 2 saturated heterocycles. The maximum absolute atomic E-state index is 12.0. The van der Waals surface area contributed by atoms with Gasteiger partial charge < -0.3 is 19.9 Å². The van der Waals surface area contributed by atoms with Crippen LogP contribution in [0.5, 0.6) is 0 Å². The summed E-state index contributed by atoms with van der Waals surface area (Å²) in [5, 5.41) is 3.41. The predicted molar refractivity (Wildman–Crippen MR) is 125 cm³/mol. The average Bonchev–Trinajstić information content (AvgIpc) is 2.79. The molecule has 7 heteroatoms. The van der Waals surface area contributed by atoms with Crippen molar-refractivity contribution in [3.8, 4) is 0 Å². The van der Waals surface area contributed by atoms with Crippen LogP contribution >= 0.6 is 0 Å². The summed E-state index contributed by atoms with van der Waals surface area (Å²) in [6.45, 7) is 13.2. The highest BCUT2D eigenvalue weighted by molar-refractivity contribution is 5.80. The lowest BCUT2D eigenvalue weighted by Gasteiger charge is -2.33. The highest BCUT2D eigenvalue weighted by atomic mass is 16.5. The molecule has 0 unspecified atom stereocenters. The molecule has 1 N–H and O–H groups in total. The van der Waals surface area contributed by atoms with Gasteiger partial charge in [0.2, 0.25) is 0 Å². The number of rotatable bonds is 7. The number of ether oxygens (including phenoxy) is 1. The van der Waals surface area contributed by atoms with E-state index in [0.717, 1.165) is 71.2 Å². The van der Waals surface area contributed by atoms with Gasteiger partial charge in [-0.1, -0.05) is 24.3 Å². The van der Waals surface area contributed by atoms with E-state index in [0.29, 0.717) is 13.2 Å². The SMILES string of the molecule is CCNC(=NCc1ccc(CN2CCN(C)CC2)cc1)N1CCC(C(=O)OCC)CC1. The van der Waals surface area contributed by atoms with Gasteiger partial charge in [-0.15, -0.1) is 0 Å². The van der Waals surface area contributed by atoms with Crippen molar-refractivity contribution in [2.45, 2.75) is 39.8 Å². The minimum atomic E-state index is -0.0549. The molecule has 0 bridgehead atoms. The number of piperazine rings is 1. The molecule has 2 fully saturated rings. The van der Waals surface area contributed by atoms with Crippen LogP contribution in [0.3, 0.4) is 0 Å². The van der Waals surface area contributed by atoms with E-state index in [1.165, 1.54) is 11.1 Å². The van der Waals surface area contributed by atoms with Crippen LogP contribution in [0.25, 0.3) is 0 Å². The van der Waals surface area contributed by atoms with Crippen molar-refractivity contribution in [1.82, 2.24) is 20.0 Å². The molecule has 0 amide bonds. The minimum Gasteiger partial charge on any atom is -0.466 e. The summed E-state index contributed by atoms with van der Waals surface area (Å²) in [6, 6.07) is 8.87. The van der Waals surface area contributed by atoms with Crippen molar-refractivity contribution < 1.29 is 9.53 Å². The van der Waals surface area contributed by atoms with Crippen LogP contribution in [-0.4, -0.2) is 86.1 Å². The second-order valence-electron chi connectivity index (χ2n) is 8.58. The number of hydrogen-bond acceptors (Lipinski definition) is 5. The van der Waals surface area contributed by atoms with Gasteiger partial charge in [0.05, 0.1) is 19.1 Å². The van der Waals surface area contributed by atoms with Crippen molar-refractivity contribution >= 4 is 11.9 Å². The quantitative estimate of drug-likeness (QED) is 0.407. The Morgan fingerprint density at radius 3 is 2.29 bits per heavy atom. The number of nitrogens with one attached hydrogen (secondary N) is 1. The molecule has 2 aliphatic rings. The topological polar surface area (TPSA) is 60.4 Å². The zero-order valence-electron chi connectivity index (χ0n) is 19.5. The molecule has 1 aromatic rings. The first-order valence-corrected chi connectivity index (χ1v) is 11.8. The number of benzene rings is 1. The summed E-state index contributed by atoms with van der Waals surface area (Å²) in [5.41, 5.74) is 2.59. The van der Waals surface area contributed by atoms with Crippen molar-refractivity contribution in [2.75, 3.05) is 59.5 Å². The van der Waals surface area contributed by atoms with Gasteiger partial charge in [0.25, 0.3) is 0 Å². The lowest BCUT2D eigenvalue weighted by molar-refractivity contribution is -0.149. The van der Waals surface area contributed by atoms with Crippen molar-refractivity contribution in [1.29, 1.82) is 0 Å². The van der Waals surface area contributed by atoms with E-state index in [4.69, 9.17) is 9.73 Å². The summed E-state index contributed by atoms with van der Waals surface area (Å²) in [5.74, 6) is 0.902. The summed E-state index contributed by atoms with van der Waals surface area (Å²) in [6.07, 6.45) is 1.65. The van der Waals surface area contributed by atoms with Crippen LogP contribution in [-0.2, 0) is 22.6 Å². The molecule has 3 rings (SSSR count). The largest absolute Gasteiger partial charge is 0.466 e. The Labute approximate surface area is 187 Å². The molecule has 1 aromatic carbocycles. The van der Waals surface area contributed by atoms with Crippen LogP contribution < -0.4 is 5.32 Å². The molecule has 2 aliphatic heterocycles. The number of hydrogen-bond donors (Lipinski definition) is 1. The van der Waals surface area contributed by atoms with Gasteiger partial charge in [0, 0.05) is 52.4 Å². The zero-order valence-corrected chi connectivity index (χ0v) is 19.5. The molecule has 0 spiro atoms. The van der Waals surface area contributed by atoms with Gasteiger partial charge in [-0.25, -0.2) is 4.99 Å². The monoisotopic (exact) mass is 429 g/mol. The molecular weight excluding hydrogens is 390 g/mol. The second-order valence-corrected chi connectivity index (χ2v) is 8.58. The molecule has 7 nitrogen and oxygen atoms in total. The number of guanidine groups is 1. The molecular formula is C24H39N5O2. The Hall–Kier alpha value is -2.12. The van der Waals surface area contributed by atoms with E-state index in [1.54, 1.807) is 0 Å². The van der Waals surface area contributed by atoms with Gasteiger partial charge in [0.15, 0.2) is 5.96 Å². The standard InChI is InChI=1S/C24H39N5O2/c1-4-25-24(29-12-10-22(11-13-29)23(30)31-5-2)26-18-20-6-8-21(9-7-20)19-28-16-14-27(3)15-17-28/h6-9,22H,4-5,10-19H2,1-3H3,(H,25,26). The summed E-state index contributed by atoms with van der Waals surface area (Å²) < 4.78 is 5.18. The number of carbonyl (C=O) groups excluding carboxylic acids is 1. The first kappa shape index (κ1) is 23.5. The molecule has 172 valence electrons. The fourth-order valence-corrected chi connectivity index (χ4v) is 4.19. The van der Waals surface area contributed by atoms with Crippen LogP contribution in [0.15, 0.2) is 29.3 Å². The van der Waals surface area contributed by atoms with E-state index in [1.807, 2.05) is 6.92 Å².